The number of nitrogens with zero attached hydrogens (tertiary/aromatic N) is 1. The van der Waals surface area contributed by atoms with Crippen LogP contribution in [0.1, 0.15) is 6.42 Å². The molecule has 0 bridgehead atoms. The highest BCUT2D eigenvalue weighted by atomic mass is 32.2. The van der Waals surface area contributed by atoms with E-state index in [0.717, 1.165) is 17.5 Å². The molecule has 0 atom stereocenters. The molecule has 0 aromatic carbocycles. The van der Waals surface area contributed by atoms with Crippen molar-refractivity contribution in [3.05, 3.63) is 0 Å². The van der Waals surface area contributed by atoms with E-state index < -0.39 is 5.97 Å². The van der Waals surface area contributed by atoms with Crippen LogP contribution < -0.4 is 5.32 Å². The Hall–Kier alpha value is -0.710. The minimum absolute atomic E-state index is 0.152. The topological polar surface area (TPSA) is 61.7 Å². The lowest BCUT2D eigenvalue weighted by Crippen LogP contribution is -2.22. The van der Waals surface area contributed by atoms with Gasteiger partial charge in [0, 0.05) is 12.3 Å². The summed E-state index contributed by atoms with van der Waals surface area (Å²) in [6.45, 7) is 1.32. The molecule has 0 unspecified atom stereocenters. The standard InChI is InChI=1S/C6H10N2O2S/c9-5(10)1-2-7-6-8-3-4-11-6/h1-4H2,(H,7,8)(H,9,10). The molecule has 2 N–H and O–H groups in total. The summed E-state index contributed by atoms with van der Waals surface area (Å²) >= 11 is 1.64. The van der Waals surface area contributed by atoms with Crippen LogP contribution in [0, 0.1) is 0 Å². The Bertz CT molecular complexity index is 181. The van der Waals surface area contributed by atoms with Gasteiger partial charge in [-0.2, -0.15) is 0 Å². The third-order valence-corrected chi connectivity index (χ3v) is 2.13. The van der Waals surface area contributed by atoms with E-state index in [1.54, 1.807) is 11.8 Å². The van der Waals surface area contributed by atoms with Crippen LogP contribution in [0.4, 0.5) is 0 Å². The van der Waals surface area contributed by atoms with Gasteiger partial charge in [0.25, 0.3) is 0 Å². The fraction of sp³-hybridized carbons (Fsp3) is 0.667. The number of hydrogen-bond donors (Lipinski definition) is 2. The van der Waals surface area contributed by atoms with Crippen molar-refractivity contribution in [2.75, 3.05) is 18.8 Å². The maximum atomic E-state index is 10.1. The Morgan fingerprint density at radius 3 is 3.18 bits per heavy atom. The van der Waals surface area contributed by atoms with Crippen LogP contribution in [0.2, 0.25) is 0 Å². The molecule has 62 valence electrons. The number of hydrogen-bond acceptors (Lipinski definition) is 4. The van der Waals surface area contributed by atoms with E-state index in [9.17, 15) is 4.79 Å². The third kappa shape index (κ3) is 3.27. The fourth-order valence-electron chi connectivity index (χ4n) is 0.718. The van der Waals surface area contributed by atoms with Gasteiger partial charge in [-0.25, -0.2) is 0 Å². The zero-order valence-corrected chi connectivity index (χ0v) is 6.86. The van der Waals surface area contributed by atoms with E-state index in [1.807, 2.05) is 0 Å². The lowest BCUT2D eigenvalue weighted by molar-refractivity contribution is -0.136. The van der Waals surface area contributed by atoms with Crippen LogP contribution in [-0.2, 0) is 4.79 Å². The predicted molar refractivity (Wildman–Crippen MR) is 45.0 cm³/mol. The molecule has 0 spiro atoms. The molecule has 0 aromatic heterocycles. The van der Waals surface area contributed by atoms with Gasteiger partial charge in [-0.05, 0) is 0 Å². The Balaban J connectivity index is 2.07. The lowest BCUT2D eigenvalue weighted by Gasteiger charge is -2.00. The number of aliphatic imine (C=N–C) groups is 1. The average Bonchev–Trinajstić information content (AvgIpc) is 2.39. The Morgan fingerprint density at radius 1 is 1.82 bits per heavy atom. The molecule has 1 aliphatic heterocycles. The SMILES string of the molecule is O=C(O)CCNC1=NCCS1. The second kappa shape index (κ2) is 4.23. The molecular weight excluding hydrogens is 164 g/mol. The first-order chi connectivity index (χ1) is 5.29. The van der Waals surface area contributed by atoms with Gasteiger partial charge in [0.05, 0.1) is 13.0 Å². The van der Waals surface area contributed by atoms with E-state index >= 15 is 0 Å². The largest absolute Gasteiger partial charge is 0.481 e. The maximum Gasteiger partial charge on any atom is 0.305 e. The summed E-state index contributed by atoms with van der Waals surface area (Å²) in [5, 5.41) is 12.1. The van der Waals surface area contributed by atoms with Crippen LogP contribution >= 0.6 is 11.8 Å². The van der Waals surface area contributed by atoms with Crippen molar-refractivity contribution in [3.8, 4) is 0 Å². The van der Waals surface area contributed by atoms with E-state index in [0.29, 0.717) is 6.54 Å². The first kappa shape index (κ1) is 8.39. The number of nitrogens with one attached hydrogen (secondary N) is 1. The van der Waals surface area contributed by atoms with Gasteiger partial charge in [0.2, 0.25) is 0 Å². The summed E-state index contributed by atoms with van der Waals surface area (Å²) in [6.07, 6.45) is 0.152. The normalized spacial score (nSPS) is 16.2. The average molecular weight is 174 g/mol. The highest BCUT2D eigenvalue weighted by Gasteiger charge is 2.05. The van der Waals surface area contributed by atoms with Gasteiger partial charge in [0.15, 0.2) is 5.17 Å². The maximum absolute atomic E-state index is 10.1. The second-order valence-electron chi connectivity index (χ2n) is 2.11. The van der Waals surface area contributed by atoms with Crippen molar-refractivity contribution in [1.29, 1.82) is 0 Å². The Labute approximate surface area is 69.1 Å². The number of aliphatic carboxylic acids is 1. The quantitative estimate of drug-likeness (QED) is 0.639. The van der Waals surface area contributed by atoms with Gasteiger partial charge in [-0.15, -0.1) is 0 Å². The molecule has 0 radical (unpaired) electrons. The van der Waals surface area contributed by atoms with Gasteiger partial charge >= 0.3 is 5.97 Å². The van der Waals surface area contributed by atoms with Crippen LogP contribution in [0.3, 0.4) is 0 Å². The van der Waals surface area contributed by atoms with E-state index in [2.05, 4.69) is 10.3 Å². The highest BCUT2D eigenvalue weighted by Crippen LogP contribution is 2.08. The summed E-state index contributed by atoms with van der Waals surface area (Å²) in [7, 11) is 0. The van der Waals surface area contributed by atoms with E-state index in [-0.39, 0.29) is 6.42 Å². The van der Waals surface area contributed by atoms with Crippen LogP contribution in [0.25, 0.3) is 0 Å². The fourth-order valence-corrected chi connectivity index (χ4v) is 1.48. The highest BCUT2D eigenvalue weighted by molar-refractivity contribution is 8.14. The monoisotopic (exact) mass is 174 g/mol. The summed E-state index contributed by atoms with van der Waals surface area (Å²) in [6, 6.07) is 0. The summed E-state index contributed by atoms with van der Waals surface area (Å²) in [4.78, 5) is 14.2. The lowest BCUT2D eigenvalue weighted by atomic mass is 10.4. The third-order valence-electron chi connectivity index (χ3n) is 1.20. The Kier molecular flexibility index (Phi) is 3.22. The Morgan fingerprint density at radius 2 is 2.64 bits per heavy atom. The van der Waals surface area contributed by atoms with Crippen molar-refractivity contribution >= 4 is 22.9 Å². The molecule has 11 heavy (non-hydrogen) atoms. The van der Waals surface area contributed by atoms with Crippen LogP contribution in [-0.4, -0.2) is 35.1 Å². The van der Waals surface area contributed by atoms with Gasteiger partial charge in [-0.1, -0.05) is 11.8 Å². The van der Waals surface area contributed by atoms with Crippen molar-refractivity contribution in [1.82, 2.24) is 5.32 Å². The molecule has 5 heteroatoms. The van der Waals surface area contributed by atoms with Crippen LogP contribution in [0.5, 0.6) is 0 Å². The smallest absolute Gasteiger partial charge is 0.305 e. The van der Waals surface area contributed by atoms with Gasteiger partial charge in [-0.3, -0.25) is 9.79 Å². The number of carboxylic acids is 1. The number of thioether (sulfide) groups is 1. The van der Waals surface area contributed by atoms with Crippen molar-refractivity contribution in [3.63, 3.8) is 0 Å². The van der Waals surface area contributed by atoms with Crippen molar-refractivity contribution in [2.24, 2.45) is 4.99 Å². The van der Waals surface area contributed by atoms with E-state index in [4.69, 9.17) is 5.11 Å². The number of carboxylic acid groups (broad SMARTS) is 1. The molecular formula is C6H10N2O2S. The minimum atomic E-state index is -0.777. The zero-order valence-electron chi connectivity index (χ0n) is 6.04. The second-order valence-corrected chi connectivity index (χ2v) is 3.19. The van der Waals surface area contributed by atoms with Gasteiger partial charge < -0.3 is 10.4 Å². The van der Waals surface area contributed by atoms with Gasteiger partial charge in [0.1, 0.15) is 0 Å². The predicted octanol–water partition coefficient (Wildman–Crippen LogP) is 0.154. The zero-order chi connectivity index (χ0) is 8.10. The number of rotatable bonds is 3. The first-order valence-electron chi connectivity index (χ1n) is 3.42. The molecule has 0 amide bonds. The number of carbonyl (C=O) groups is 1. The first-order valence-corrected chi connectivity index (χ1v) is 4.40. The van der Waals surface area contributed by atoms with E-state index in [1.165, 1.54) is 0 Å². The molecule has 1 aliphatic rings. The van der Waals surface area contributed by atoms with Crippen LogP contribution in [0.15, 0.2) is 4.99 Å². The molecule has 0 saturated carbocycles. The van der Waals surface area contributed by atoms with Crippen molar-refractivity contribution in [2.45, 2.75) is 6.42 Å². The summed E-state index contributed by atoms with van der Waals surface area (Å²) < 4.78 is 0. The minimum Gasteiger partial charge on any atom is -0.481 e. The van der Waals surface area contributed by atoms with Crippen molar-refractivity contribution < 1.29 is 9.90 Å². The molecule has 0 saturated heterocycles. The molecule has 1 rings (SSSR count). The summed E-state index contributed by atoms with van der Waals surface area (Å²) in [5.41, 5.74) is 0. The molecule has 0 fully saturated rings. The molecule has 0 aliphatic carbocycles. The molecule has 0 aromatic rings. The molecule has 1 heterocycles. The summed E-state index contributed by atoms with van der Waals surface area (Å²) in [5.74, 6) is 0.233. The number of amidine groups is 1. The molecule has 4 nitrogen and oxygen atoms in total.